The first-order valence-corrected chi connectivity index (χ1v) is 40.2. The molecular formula is C93H158O15. The van der Waals surface area contributed by atoms with Gasteiger partial charge < -0.3 is 56.8 Å². The standard InChI is InChI=1S/C93H158O15/c1-58(2)104-71(78(94)97-40)55-87(26,27)92(36,37)102-45-43-89(30,31)107-76-66(50-63(82(11,12)13)53-69(76)85(20,21)22)74(65-49-62(81(8,9)10)52-68(84(17,18)19)75(61(65)7)100-47-48-101-91(34,35)57-73(80(96)99-42)106-60(5)6)67-51-64(83(14,15)16)54-70(86(23,24)25)77(67)108-90(32,33)44-46-103-93(38,39)88(28,29)56-72(79(95)98-41)105-59(3)4/h49-54,58-60,71-75H,43-48,55-57H2,1-42H3. The van der Waals surface area contributed by atoms with Gasteiger partial charge >= 0.3 is 17.9 Å². The van der Waals surface area contributed by atoms with Crippen LogP contribution in [-0.2, 0) is 83.4 Å². The molecule has 0 amide bonds. The van der Waals surface area contributed by atoms with E-state index in [2.05, 4.69) is 251 Å². The molecule has 0 spiro atoms. The average molecular weight is 1520 g/mol. The minimum Gasteiger partial charge on any atom is -0.487 e. The van der Waals surface area contributed by atoms with Crippen molar-refractivity contribution in [2.45, 2.75) is 400 Å². The van der Waals surface area contributed by atoms with Gasteiger partial charge in [-0.3, -0.25) is 0 Å². The predicted molar refractivity (Wildman–Crippen MR) is 443 cm³/mol. The maximum absolute atomic E-state index is 13.2. The van der Waals surface area contributed by atoms with Crippen molar-refractivity contribution in [2.75, 3.05) is 47.8 Å². The van der Waals surface area contributed by atoms with E-state index in [4.69, 9.17) is 56.8 Å². The van der Waals surface area contributed by atoms with Gasteiger partial charge in [-0.15, -0.1) is 0 Å². The normalized spacial score (nSPS) is 16.7. The highest BCUT2D eigenvalue weighted by molar-refractivity contribution is 5.75. The monoisotopic (exact) mass is 1520 g/mol. The maximum atomic E-state index is 13.2. The van der Waals surface area contributed by atoms with E-state index in [9.17, 15) is 14.4 Å². The van der Waals surface area contributed by atoms with Crippen LogP contribution in [0.3, 0.4) is 0 Å². The van der Waals surface area contributed by atoms with Gasteiger partial charge in [0.05, 0.1) is 82.9 Å². The van der Waals surface area contributed by atoms with E-state index in [1.54, 1.807) is 0 Å². The molecule has 108 heavy (non-hydrogen) atoms. The Morgan fingerprint density at radius 2 is 0.731 bits per heavy atom. The number of ether oxygens (including phenoxy) is 12. The minimum absolute atomic E-state index is 0.184. The lowest BCUT2D eigenvalue weighted by Crippen LogP contribution is -2.47. The summed E-state index contributed by atoms with van der Waals surface area (Å²) in [6, 6.07) is 9.62. The summed E-state index contributed by atoms with van der Waals surface area (Å²) < 4.78 is 78.8. The molecule has 2 aromatic carbocycles. The van der Waals surface area contributed by atoms with Crippen LogP contribution in [0.5, 0.6) is 11.5 Å². The highest BCUT2D eigenvalue weighted by Crippen LogP contribution is 2.55. The van der Waals surface area contributed by atoms with Crippen LogP contribution in [0, 0.1) is 21.7 Å². The second-order valence-electron chi connectivity index (χ2n) is 41.9. The Kier molecular flexibility index (Phi) is 33.1. The number of allylic oxidation sites excluding steroid dienone is 4. The number of benzene rings is 2. The largest absolute Gasteiger partial charge is 0.487 e. The van der Waals surface area contributed by atoms with Gasteiger partial charge in [0, 0.05) is 47.4 Å². The van der Waals surface area contributed by atoms with E-state index >= 15 is 0 Å². The third kappa shape index (κ3) is 27.6. The molecule has 0 aromatic heterocycles. The molecule has 3 rings (SSSR count). The van der Waals surface area contributed by atoms with Crippen LogP contribution < -0.4 is 9.47 Å². The number of carbonyl (C=O) groups is 3. The van der Waals surface area contributed by atoms with Crippen molar-refractivity contribution in [3.05, 3.63) is 92.1 Å². The molecule has 4 unspecified atom stereocenters. The molecule has 0 bridgehead atoms. The smallest absolute Gasteiger partial charge is 0.335 e. The van der Waals surface area contributed by atoms with Crippen LogP contribution in [0.25, 0.3) is 0 Å². The van der Waals surface area contributed by atoms with Crippen LogP contribution in [-0.4, -0.2) is 136 Å². The second-order valence-corrected chi connectivity index (χ2v) is 41.9. The number of hydrogen-bond donors (Lipinski definition) is 0. The third-order valence-corrected chi connectivity index (χ3v) is 22.0. The molecule has 1 aliphatic carbocycles. The molecule has 0 saturated heterocycles. The van der Waals surface area contributed by atoms with Crippen molar-refractivity contribution < 1.29 is 71.2 Å². The molecule has 0 fully saturated rings. The van der Waals surface area contributed by atoms with Gasteiger partial charge in [0.15, 0.2) is 18.3 Å². The van der Waals surface area contributed by atoms with Crippen LogP contribution >= 0.6 is 0 Å². The van der Waals surface area contributed by atoms with E-state index in [-0.39, 0.29) is 54.2 Å². The Hall–Kier alpha value is -4.61. The predicted octanol–water partition coefficient (Wildman–Crippen LogP) is 22.3. The number of esters is 3. The molecule has 4 atom stereocenters. The summed E-state index contributed by atoms with van der Waals surface area (Å²) in [6.45, 7) is 85.7. The molecule has 0 heterocycles. The van der Waals surface area contributed by atoms with Crippen molar-refractivity contribution in [1.82, 2.24) is 0 Å². The lowest BCUT2D eigenvalue weighted by molar-refractivity contribution is -0.167. The highest BCUT2D eigenvalue weighted by Gasteiger charge is 2.47. The lowest BCUT2D eigenvalue weighted by Gasteiger charge is -2.44. The third-order valence-electron chi connectivity index (χ3n) is 22.0. The van der Waals surface area contributed by atoms with E-state index in [0.717, 1.165) is 67.2 Å². The first-order chi connectivity index (χ1) is 48.5. The molecule has 1 aliphatic rings. The molecule has 0 saturated carbocycles. The van der Waals surface area contributed by atoms with E-state index in [1.165, 1.54) is 21.3 Å². The Balaban J connectivity index is 2.82. The number of hydrogen-bond acceptors (Lipinski definition) is 15. The zero-order valence-electron chi connectivity index (χ0n) is 76.6. The SMILES string of the molecule is COC(=O)C(CC(C)(C)OCCOC1C(C(C)(C)C)=CC(C(C)(C)C)=CC(C(c2cc(C(C)(C)C)cc(C(C)(C)C)c2OC(C)(C)CCOC(C)(C)C(C)(C)CC(OC(C)C)C(=O)OC)c2cc(C(C)(C)C)cc(C(C)(C)C)c2OC(C)(C)CCOC(C)(C)C(C)(C)CC(OC(C)C)C(=O)OC)=C1C)OC(C)C. The Labute approximate surface area is 659 Å². The Morgan fingerprint density at radius 1 is 0.389 bits per heavy atom. The van der Waals surface area contributed by atoms with Crippen molar-refractivity contribution >= 4 is 17.9 Å². The summed E-state index contributed by atoms with van der Waals surface area (Å²) >= 11 is 0. The molecule has 0 radical (unpaired) electrons. The highest BCUT2D eigenvalue weighted by atomic mass is 16.6. The molecule has 620 valence electrons. The molecule has 0 N–H and O–H groups in total. The summed E-state index contributed by atoms with van der Waals surface area (Å²) in [5.41, 5.74) is 3.34. The van der Waals surface area contributed by atoms with Gasteiger partial charge in [-0.25, -0.2) is 14.4 Å². The van der Waals surface area contributed by atoms with Crippen molar-refractivity contribution in [2.24, 2.45) is 21.7 Å². The zero-order chi connectivity index (χ0) is 83.9. The second kappa shape index (κ2) is 36.7. The lowest BCUT2D eigenvalue weighted by atomic mass is 9.71. The van der Waals surface area contributed by atoms with Gasteiger partial charge in [0.2, 0.25) is 0 Å². The fourth-order valence-corrected chi connectivity index (χ4v) is 13.5. The minimum atomic E-state index is -0.843. The Bertz CT molecular complexity index is 3230. The van der Waals surface area contributed by atoms with Gasteiger partial charge in [0.1, 0.15) is 28.8 Å². The molecule has 15 heteroatoms. The fourth-order valence-electron chi connectivity index (χ4n) is 13.5. The summed E-state index contributed by atoms with van der Waals surface area (Å²) in [6.07, 6.45) is 3.44. The van der Waals surface area contributed by atoms with Crippen LogP contribution in [0.1, 0.15) is 341 Å². The Morgan fingerprint density at radius 3 is 1.03 bits per heavy atom. The zero-order valence-corrected chi connectivity index (χ0v) is 76.6. The van der Waals surface area contributed by atoms with Gasteiger partial charge in [-0.2, -0.15) is 0 Å². The quantitative estimate of drug-likeness (QED) is 0.0357. The maximum Gasteiger partial charge on any atom is 0.335 e. The number of carbonyl (C=O) groups excluding carboxylic acids is 3. The first-order valence-electron chi connectivity index (χ1n) is 40.2. The van der Waals surface area contributed by atoms with Crippen molar-refractivity contribution in [1.29, 1.82) is 0 Å². The average Bonchev–Trinajstić information content (AvgIpc) is 1.67. The topological polar surface area (TPSA) is 162 Å². The van der Waals surface area contributed by atoms with E-state index in [1.807, 2.05) is 55.4 Å². The summed E-state index contributed by atoms with van der Waals surface area (Å²) in [7, 11) is 4.20. The van der Waals surface area contributed by atoms with Gasteiger partial charge in [-0.05, 0) is 207 Å². The number of methoxy groups -OCH3 is 3. The van der Waals surface area contributed by atoms with Gasteiger partial charge in [-0.1, -0.05) is 189 Å². The van der Waals surface area contributed by atoms with Crippen LogP contribution in [0.4, 0.5) is 0 Å². The van der Waals surface area contributed by atoms with Crippen molar-refractivity contribution in [3.63, 3.8) is 0 Å². The fraction of sp³-hybridized carbons (Fsp3) is 0.774. The molecule has 2 aromatic rings. The first kappa shape index (κ1) is 97.6. The van der Waals surface area contributed by atoms with Crippen LogP contribution in [0.15, 0.2) is 58.7 Å². The molecule has 0 aliphatic heterocycles. The summed E-state index contributed by atoms with van der Waals surface area (Å²) in [4.78, 5) is 39.6. The van der Waals surface area contributed by atoms with E-state index in [0.29, 0.717) is 38.9 Å². The van der Waals surface area contributed by atoms with Gasteiger partial charge in [0.25, 0.3) is 0 Å². The van der Waals surface area contributed by atoms with Crippen molar-refractivity contribution in [3.8, 4) is 11.5 Å². The number of rotatable bonds is 37. The molecular weight excluding hydrogens is 1360 g/mol. The van der Waals surface area contributed by atoms with Crippen LogP contribution in [0.2, 0.25) is 0 Å². The van der Waals surface area contributed by atoms with E-state index < -0.39 is 103 Å². The summed E-state index contributed by atoms with van der Waals surface area (Å²) in [5, 5.41) is 0. The molecule has 15 nitrogen and oxygen atoms in total. The summed E-state index contributed by atoms with van der Waals surface area (Å²) in [5.74, 6) is -0.289.